The smallest absolute Gasteiger partial charge is 0.227 e. The number of rotatable bonds is 17. The first kappa shape index (κ1) is 40.1. The van der Waals surface area contributed by atoms with Crippen LogP contribution < -0.4 is 15.3 Å². The van der Waals surface area contributed by atoms with Crippen molar-refractivity contribution in [1.29, 1.82) is 0 Å². The van der Waals surface area contributed by atoms with Crippen molar-refractivity contribution in [3.05, 3.63) is 0 Å². The zero-order valence-electron chi connectivity index (χ0n) is 28.7. The standard InChI is InChI=1S/C32H61N5O8S2/c1-4-16-36(17-5-2)32(41)25-19-24(20-28(21-25)46(33,42)43)31(40)34-29(18-23-12-14-26(38)15-13-23)30(39)22-37(6-3)35-47(44,45)27-10-8-7-9-11-27/h23-30,35,38-39H,4-22H2,1-3H3,(H,34,40)(H2,33,42,43). The Hall–Kier alpha value is -1.36. The van der Waals surface area contributed by atoms with Gasteiger partial charge >= 0.3 is 0 Å². The van der Waals surface area contributed by atoms with E-state index in [9.17, 15) is 36.6 Å². The molecular weight excluding hydrogens is 647 g/mol. The summed E-state index contributed by atoms with van der Waals surface area (Å²) in [4.78, 5) is 31.9. The number of amides is 2. The second-order valence-electron chi connectivity index (χ2n) is 14.2. The van der Waals surface area contributed by atoms with Gasteiger partial charge in [0.25, 0.3) is 0 Å². The van der Waals surface area contributed by atoms with E-state index < -0.39 is 60.4 Å². The van der Waals surface area contributed by atoms with Gasteiger partial charge in [-0.3, -0.25) is 9.59 Å². The van der Waals surface area contributed by atoms with Crippen molar-refractivity contribution in [2.24, 2.45) is 22.9 Å². The number of hydrogen-bond acceptors (Lipinski definition) is 9. The Morgan fingerprint density at radius 1 is 0.851 bits per heavy atom. The summed E-state index contributed by atoms with van der Waals surface area (Å²) in [5.74, 6) is -1.96. The molecule has 0 radical (unpaired) electrons. The summed E-state index contributed by atoms with van der Waals surface area (Å²) >= 11 is 0. The molecule has 274 valence electrons. The van der Waals surface area contributed by atoms with Crippen molar-refractivity contribution >= 4 is 31.9 Å². The summed E-state index contributed by atoms with van der Waals surface area (Å²) in [7, 11) is -7.67. The fourth-order valence-corrected chi connectivity index (χ4v) is 10.3. The Bertz CT molecular complexity index is 1200. The third kappa shape index (κ3) is 12.2. The molecule has 47 heavy (non-hydrogen) atoms. The van der Waals surface area contributed by atoms with Crippen molar-refractivity contribution in [2.75, 3.05) is 26.2 Å². The third-order valence-corrected chi connectivity index (χ3v) is 13.6. The Morgan fingerprint density at radius 3 is 2.00 bits per heavy atom. The molecule has 0 spiro atoms. The van der Waals surface area contributed by atoms with Gasteiger partial charge in [-0.25, -0.2) is 27.0 Å². The van der Waals surface area contributed by atoms with Crippen LogP contribution in [0.15, 0.2) is 0 Å². The molecular formula is C32H61N5O8S2. The maximum absolute atomic E-state index is 13.9. The quantitative estimate of drug-likeness (QED) is 0.140. The topological polar surface area (TPSA) is 199 Å². The van der Waals surface area contributed by atoms with Gasteiger partial charge in [0, 0.05) is 38.0 Å². The molecule has 15 heteroatoms. The predicted molar refractivity (Wildman–Crippen MR) is 182 cm³/mol. The highest BCUT2D eigenvalue weighted by Crippen LogP contribution is 2.35. The molecule has 3 aliphatic rings. The zero-order valence-corrected chi connectivity index (χ0v) is 30.3. The van der Waals surface area contributed by atoms with E-state index in [1.807, 2.05) is 13.8 Å². The molecule has 0 aromatic rings. The first-order valence-electron chi connectivity index (χ1n) is 17.9. The van der Waals surface area contributed by atoms with Crippen LogP contribution in [-0.4, -0.2) is 104 Å². The van der Waals surface area contributed by atoms with Gasteiger partial charge in [0.2, 0.25) is 31.9 Å². The number of nitrogens with one attached hydrogen (secondary N) is 2. The fraction of sp³-hybridized carbons (Fsp3) is 0.938. The van der Waals surface area contributed by atoms with Crippen LogP contribution in [0.2, 0.25) is 0 Å². The number of aliphatic hydroxyl groups is 2. The summed E-state index contributed by atoms with van der Waals surface area (Å²) in [6, 6.07) is -0.753. The molecule has 5 unspecified atom stereocenters. The maximum Gasteiger partial charge on any atom is 0.227 e. The highest BCUT2D eigenvalue weighted by molar-refractivity contribution is 7.90. The van der Waals surface area contributed by atoms with Crippen molar-refractivity contribution in [3.63, 3.8) is 0 Å². The summed E-state index contributed by atoms with van der Waals surface area (Å²) in [5, 5.41) is 30.1. The predicted octanol–water partition coefficient (Wildman–Crippen LogP) is 1.98. The number of hydrogen-bond donors (Lipinski definition) is 5. The van der Waals surface area contributed by atoms with E-state index in [-0.39, 0.29) is 43.7 Å². The van der Waals surface area contributed by atoms with E-state index in [0.29, 0.717) is 51.7 Å². The molecule has 2 amide bonds. The van der Waals surface area contributed by atoms with E-state index in [2.05, 4.69) is 10.1 Å². The van der Waals surface area contributed by atoms with Gasteiger partial charge in [-0.05, 0) is 83.0 Å². The van der Waals surface area contributed by atoms with Crippen LogP contribution >= 0.6 is 0 Å². The number of carbonyl (C=O) groups is 2. The highest BCUT2D eigenvalue weighted by atomic mass is 32.2. The normalized spacial score (nSPS) is 27.7. The van der Waals surface area contributed by atoms with Gasteiger partial charge in [0.15, 0.2) is 0 Å². The lowest BCUT2D eigenvalue weighted by Crippen LogP contribution is -2.55. The van der Waals surface area contributed by atoms with Crippen molar-refractivity contribution in [1.82, 2.24) is 20.1 Å². The SMILES string of the molecule is CCCN(CCC)C(=O)C1CC(C(=O)NC(CC2CCC(O)CC2)C(O)CN(CC)NS(=O)(=O)C2CCCCC2)CC(S(N)(=O)=O)C1. The number of nitrogens with two attached hydrogens (primary N) is 1. The summed E-state index contributed by atoms with van der Waals surface area (Å²) in [6.45, 7) is 7.06. The van der Waals surface area contributed by atoms with Crippen LogP contribution in [-0.2, 0) is 29.6 Å². The minimum absolute atomic E-state index is 0.0172. The minimum atomic E-state index is -4.02. The van der Waals surface area contributed by atoms with Crippen LogP contribution in [0.3, 0.4) is 0 Å². The van der Waals surface area contributed by atoms with Gasteiger partial charge in [0.05, 0.1) is 28.7 Å². The van der Waals surface area contributed by atoms with E-state index in [1.54, 1.807) is 11.8 Å². The zero-order chi connectivity index (χ0) is 34.8. The van der Waals surface area contributed by atoms with Gasteiger partial charge in [0.1, 0.15) is 0 Å². The lowest BCUT2D eigenvalue weighted by Gasteiger charge is -2.37. The molecule has 0 bridgehead atoms. The Morgan fingerprint density at radius 2 is 1.45 bits per heavy atom. The lowest BCUT2D eigenvalue weighted by atomic mass is 9.79. The molecule has 3 aliphatic carbocycles. The molecule has 6 N–H and O–H groups in total. The van der Waals surface area contributed by atoms with E-state index in [4.69, 9.17) is 5.14 Å². The molecule has 0 heterocycles. The molecule has 3 saturated carbocycles. The molecule has 3 rings (SSSR count). The van der Waals surface area contributed by atoms with Crippen LogP contribution in [0.25, 0.3) is 0 Å². The van der Waals surface area contributed by atoms with Crippen LogP contribution in [0.4, 0.5) is 0 Å². The first-order chi connectivity index (χ1) is 22.2. The highest BCUT2D eigenvalue weighted by Gasteiger charge is 2.42. The molecule has 0 aliphatic heterocycles. The second kappa shape index (κ2) is 18.6. The van der Waals surface area contributed by atoms with Crippen molar-refractivity contribution in [2.45, 2.75) is 146 Å². The number of carbonyl (C=O) groups excluding carboxylic acids is 2. The Labute approximate surface area is 282 Å². The fourth-order valence-electron chi connectivity index (χ4n) is 7.65. The number of likely N-dealkylation sites (N-methyl/N-ethyl adjacent to an activating group) is 1. The molecule has 0 aromatic heterocycles. The first-order valence-corrected chi connectivity index (χ1v) is 21.1. The van der Waals surface area contributed by atoms with Crippen molar-refractivity contribution < 1.29 is 36.6 Å². The number of nitrogens with zero attached hydrogens (tertiary/aromatic N) is 2. The Balaban J connectivity index is 1.79. The largest absolute Gasteiger partial charge is 0.393 e. The molecule has 5 atom stereocenters. The van der Waals surface area contributed by atoms with E-state index >= 15 is 0 Å². The van der Waals surface area contributed by atoms with Crippen LogP contribution in [0.5, 0.6) is 0 Å². The van der Waals surface area contributed by atoms with Crippen molar-refractivity contribution in [3.8, 4) is 0 Å². The monoisotopic (exact) mass is 707 g/mol. The van der Waals surface area contributed by atoms with E-state index in [0.717, 1.165) is 44.9 Å². The molecule has 13 nitrogen and oxygen atoms in total. The number of sulfonamides is 2. The van der Waals surface area contributed by atoms with E-state index in [1.165, 1.54) is 5.01 Å². The average Bonchev–Trinajstić information content (AvgIpc) is 3.04. The van der Waals surface area contributed by atoms with Gasteiger partial charge < -0.3 is 20.4 Å². The van der Waals surface area contributed by atoms with Gasteiger partial charge in [-0.2, -0.15) is 0 Å². The van der Waals surface area contributed by atoms with Crippen LogP contribution in [0.1, 0.15) is 117 Å². The summed E-state index contributed by atoms with van der Waals surface area (Å²) < 4.78 is 51.4. The second-order valence-corrected chi connectivity index (χ2v) is 17.9. The van der Waals surface area contributed by atoms with Gasteiger partial charge in [-0.1, -0.05) is 40.0 Å². The average molecular weight is 708 g/mol. The number of hydrazine groups is 1. The Kier molecular flexibility index (Phi) is 15.8. The third-order valence-electron chi connectivity index (χ3n) is 10.4. The van der Waals surface area contributed by atoms with Crippen LogP contribution in [0, 0.1) is 17.8 Å². The lowest BCUT2D eigenvalue weighted by molar-refractivity contribution is -0.138. The minimum Gasteiger partial charge on any atom is -0.393 e. The molecule has 3 fully saturated rings. The number of aliphatic hydroxyl groups excluding tert-OH is 2. The summed E-state index contributed by atoms with van der Waals surface area (Å²) in [5.41, 5.74) is 0. The molecule has 0 saturated heterocycles. The molecule has 0 aromatic carbocycles. The maximum atomic E-state index is 13.9. The van der Waals surface area contributed by atoms with Gasteiger partial charge in [-0.15, -0.1) is 4.83 Å². The number of primary sulfonamides is 1. The summed E-state index contributed by atoms with van der Waals surface area (Å²) in [6.07, 6.45) is 7.28.